The van der Waals surface area contributed by atoms with Crippen molar-refractivity contribution in [2.24, 2.45) is 0 Å². The quantitative estimate of drug-likeness (QED) is 0.915. The summed E-state index contributed by atoms with van der Waals surface area (Å²) >= 11 is 1.55. The van der Waals surface area contributed by atoms with Gasteiger partial charge in [-0.2, -0.15) is 5.26 Å². The summed E-state index contributed by atoms with van der Waals surface area (Å²) in [7, 11) is 0. The fraction of sp³-hybridized carbons (Fsp3) is 0.286. The molecular weight excluding hydrogens is 242 g/mol. The van der Waals surface area contributed by atoms with Gasteiger partial charge in [0.05, 0.1) is 17.3 Å². The van der Waals surface area contributed by atoms with Crippen LogP contribution in [0.2, 0.25) is 0 Å². The van der Waals surface area contributed by atoms with Gasteiger partial charge in [0.2, 0.25) is 0 Å². The number of nitriles is 1. The van der Waals surface area contributed by atoms with Crippen molar-refractivity contribution in [2.45, 2.75) is 26.2 Å². The van der Waals surface area contributed by atoms with Crippen LogP contribution in [0.1, 0.15) is 35.0 Å². The number of nitrogens with zero attached hydrogens (tertiary/aromatic N) is 2. The third kappa shape index (κ3) is 2.88. The first-order valence-corrected chi connectivity index (χ1v) is 6.77. The zero-order valence-electron chi connectivity index (χ0n) is 10.3. The van der Waals surface area contributed by atoms with E-state index in [1.807, 2.05) is 24.3 Å². The van der Waals surface area contributed by atoms with Crippen LogP contribution in [-0.2, 0) is 12.8 Å². The molecule has 0 aliphatic heterocycles. The second-order valence-electron chi connectivity index (χ2n) is 4.16. The molecule has 1 aromatic carbocycles. The Labute approximate surface area is 111 Å². The van der Waals surface area contributed by atoms with Crippen molar-refractivity contribution < 1.29 is 0 Å². The number of nitrogens with two attached hydrogens (primary N) is 1. The standard InChI is InChI=1S/C14H15N3S/c1-2-4-12-13(18-14(16)17-12)8-10-5-3-6-11(7-10)9-15/h3,5-7H,2,4,8H2,1H3,(H2,16,17). The van der Waals surface area contributed by atoms with E-state index in [-0.39, 0.29) is 0 Å². The molecule has 2 rings (SSSR count). The molecule has 0 radical (unpaired) electrons. The predicted molar refractivity (Wildman–Crippen MR) is 74.5 cm³/mol. The second-order valence-corrected chi connectivity index (χ2v) is 5.28. The normalized spacial score (nSPS) is 10.2. The highest BCUT2D eigenvalue weighted by atomic mass is 32.1. The molecule has 4 heteroatoms. The monoisotopic (exact) mass is 257 g/mol. The lowest BCUT2D eigenvalue weighted by atomic mass is 10.1. The maximum atomic E-state index is 8.89. The number of hydrogen-bond acceptors (Lipinski definition) is 4. The molecule has 0 saturated heterocycles. The van der Waals surface area contributed by atoms with Crippen LogP contribution < -0.4 is 5.73 Å². The molecular formula is C14H15N3S. The van der Waals surface area contributed by atoms with Crippen molar-refractivity contribution >= 4 is 16.5 Å². The Balaban J connectivity index is 2.25. The molecule has 0 aliphatic rings. The molecule has 0 amide bonds. The SMILES string of the molecule is CCCc1nc(N)sc1Cc1cccc(C#N)c1. The average Bonchev–Trinajstić information content (AvgIpc) is 2.70. The van der Waals surface area contributed by atoms with E-state index in [0.717, 1.165) is 30.5 Å². The molecule has 0 unspecified atom stereocenters. The lowest BCUT2D eigenvalue weighted by Crippen LogP contribution is -1.93. The Morgan fingerprint density at radius 1 is 1.44 bits per heavy atom. The van der Waals surface area contributed by atoms with Crippen molar-refractivity contribution in [3.05, 3.63) is 46.0 Å². The van der Waals surface area contributed by atoms with Gasteiger partial charge in [0.15, 0.2) is 5.13 Å². The number of aromatic nitrogens is 1. The summed E-state index contributed by atoms with van der Waals surface area (Å²) in [6.07, 6.45) is 2.83. The van der Waals surface area contributed by atoms with Crippen molar-refractivity contribution in [2.75, 3.05) is 5.73 Å². The van der Waals surface area contributed by atoms with Gasteiger partial charge in [-0.05, 0) is 24.1 Å². The Bertz CT molecular complexity index is 581. The maximum absolute atomic E-state index is 8.89. The average molecular weight is 257 g/mol. The van der Waals surface area contributed by atoms with Crippen LogP contribution in [-0.4, -0.2) is 4.98 Å². The lowest BCUT2D eigenvalue weighted by Gasteiger charge is -2.02. The Kier molecular flexibility index (Phi) is 3.96. The van der Waals surface area contributed by atoms with E-state index >= 15 is 0 Å². The summed E-state index contributed by atoms with van der Waals surface area (Å²) in [5, 5.41) is 9.52. The molecule has 2 aromatic rings. The first-order valence-electron chi connectivity index (χ1n) is 5.96. The van der Waals surface area contributed by atoms with Crippen LogP contribution in [0.3, 0.4) is 0 Å². The van der Waals surface area contributed by atoms with E-state index in [2.05, 4.69) is 18.0 Å². The van der Waals surface area contributed by atoms with Crippen LogP contribution >= 0.6 is 11.3 Å². The molecule has 2 N–H and O–H groups in total. The summed E-state index contributed by atoms with van der Waals surface area (Å²) in [5.41, 5.74) is 8.70. The van der Waals surface area contributed by atoms with E-state index < -0.39 is 0 Å². The Hall–Kier alpha value is -1.86. The third-order valence-corrected chi connectivity index (χ3v) is 3.63. The van der Waals surface area contributed by atoms with E-state index in [4.69, 9.17) is 11.0 Å². The number of nitrogen functional groups attached to an aromatic ring is 1. The Morgan fingerprint density at radius 2 is 2.28 bits per heavy atom. The fourth-order valence-electron chi connectivity index (χ4n) is 1.91. The second kappa shape index (κ2) is 5.65. The van der Waals surface area contributed by atoms with Crippen LogP contribution in [0.25, 0.3) is 0 Å². The van der Waals surface area contributed by atoms with Gasteiger partial charge >= 0.3 is 0 Å². The minimum absolute atomic E-state index is 0.630. The highest BCUT2D eigenvalue weighted by Crippen LogP contribution is 2.24. The predicted octanol–water partition coefficient (Wildman–Crippen LogP) is 3.14. The van der Waals surface area contributed by atoms with Crippen LogP contribution in [0, 0.1) is 11.3 Å². The lowest BCUT2D eigenvalue weighted by molar-refractivity contribution is 0.879. The minimum atomic E-state index is 0.630. The van der Waals surface area contributed by atoms with Gasteiger partial charge in [-0.1, -0.05) is 25.5 Å². The van der Waals surface area contributed by atoms with Crippen molar-refractivity contribution in [1.29, 1.82) is 5.26 Å². The van der Waals surface area contributed by atoms with Gasteiger partial charge in [0.25, 0.3) is 0 Å². The topological polar surface area (TPSA) is 62.7 Å². The number of thiazole rings is 1. The molecule has 92 valence electrons. The molecule has 1 heterocycles. The number of rotatable bonds is 4. The molecule has 18 heavy (non-hydrogen) atoms. The van der Waals surface area contributed by atoms with Crippen LogP contribution in [0.15, 0.2) is 24.3 Å². The van der Waals surface area contributed by atoms with Gasteiger partial charge in [0.1, 0.15) is 0 Å². The van der Waals surface area contributed by atoms with E-state index in [0.29, 0.717) is 10.7 Å². The molecule has 0 bridgehead atoms. The third-order valence-electron chi connectivity index (χ3n) is 2.70. The van der Waals surface area contributed by atoms with Gasteiger partial charge in [-0.3, -0.25) is 0 Å². The highest BCUT2D eigenvalue weighted by Gasteiger charge is 2.09. The van der Waals surface area contributed by atoms with Crippen LogP contribution in [0.5, 0.6) is 0 Å². The van der Waals surface area contributed by atoms with Crippen molar-refractivity contribution in [3.63, 3.8) is 0 Å². The van der Waals surface area contributed by atoms with E-state index in [1.165, 1.54) is 4.88 Å². The largest absolute Gasteiger partial charge is 0.375 e. The molecule has 0 atom stereocenters. The van der Waals surface area contributed by atoms with Gasteiger partial charge in [-0.15, -0.1) is 11.3 Å². The van der Waals surface area contributed by atoms with E-state index in [1.54, 1.807) is 11.3 Å². The molecule has 0 spiro atoms. The number of hydrogen-bond donors (Lipinski definition) is 1. The van der Waals surface area contributed by atoms with Crippen molar-refractivity contribution in [1.82, 2.24) is 4.98 Å². The number of benzene rings is 1. The van der Waals surface area contributed by atoms with Gasteiger partial charge in [0, 0.05) is 11.3 Å². The summed E-state index contributed by atoms with van der Waals surface area (Å²) in [6, 6.07) is 9.85. The molecule has 0 saturated carbocycles. The zero-order valence-corrected chi connectivity index (χ0v) is 11.1. The molecule has 0 aliphatic carbocycles. The van der Waals surface area contributed by atoms with Crippen molar-refractivity contribution in [3.8, 4) is 6.07 Å². The molecule has 0 fully saturated rings. The first kappa shape index (κ1) is 12.6. The fourth-order valence-corrected chi connectivity index (χ4v) is 2.82. The summed E-state index contributed by atoms with van der Waals surface area (Å²) < 4.78 is 0. The first-order chi connectivity index (χ1) is 8.72. The summed E-state index contributed by atoms with van der Waals surface area (Å²) in [5.74, 6) is 0. The van der Waals surface area contributed by atoms with Crippen LogP contribution in [0.4, 0.5) is 5.13 Å². The Morgan fingerprint density at radius 3 is 3.00 bits per heavy atom. The summed E-state index contributed by atoms with van der Waals surface area (Å²) in [4.78, 5) is 5.58. The molecule has 3 nitrogen and oxygen atoms in total. The molecule has 1 aromatic heterocycles. The number of anilines is 1. The number of aryl methyl sites for hydroxylation is 1. The maximum Gasteiger partial charge on any atom is 0.180 e. The minimum Gasteiger partial charge on any atom is -0.375 e. The smallest absolute Gasteiger partial charge is 0.180 e. The van der Waals surface area contributed by atoms with Gasteiger partial charge < -0.3 is 5.73 Å². The van der Waals surface area contributed by atoms with Gasteiger partial charge in [-0.25, -0.2) is 4.98 Å². The van der Waals surface area contributed by atoms with E-state index in [9.17, 15) is 0 Å². The summed E-state index contributed by atoms with van der Waals surface area (Å²) in [6.45, 7) is 2.13. The highest BCUT2D eigenvalue weighted by molar-refractivity contribution is 7.15. The zero-order chi connectivity index (χ0) is 13.0.